The Labute approximate surface area is 167 Å². The Morgan fingerprint density at radius 1 is 1.33 bits per heavy atom. The Morgan fingerprint density at radius 2 is 2.15 bits per heavy atom. The molecule has 146 valence electrons. The summed E-state index contributed by atoms with van der Waals surface area (Å²) in [5, 5.41) is 4.22. The van der Waals surface area contributed by atoms with Crippen molar-refractivity contribution in [3.8, 4) is 0 Å². The van der Waals surface area contributed by atoms with Gasteiger partial charge in [0, 0.05) is 63.0 Å². The van der Waals surface area contributed by atoms with Crippen molar-refractivity contribution in [2.75, 3.05) is 32.4 Å². The zero-order valence-electron chi connectivity index (χ0n) is 16.6. The SMILES string of the molecule is CN=C(NCCc1nccn1Cc1ccccc1)N1CCSC(C(C)C)C1. The van der Waals surface area contributed by atoms with E-state index in [1.807, 2.05) is 13.2 Å². The van der Waals surface area contributed by atoms with E-state index in [0.29, 0.717) is 11.2 Å². The van der Waals surface area contributed by atoms with Crippen molar-refractivity contribution in [1.29, 1.82) is 0 Å². The van der Waals surface area contributed by atoms with Crippen LogP contribution in [-0.4, -0.2) is 58.1 Å². The molecule has 27 heavy (non-hydrogen) atoms. The molecule has 1 aliphatic heterocycles. The van der Waals surface area contributed by atoms with Crippen LogP contribution in [0.2, 0.25) is 0 Å². The number of rotatable bonds is 6. The zero-order valence-corrected chi connectivity index (χ0v) is 17.5. The van der Waals surface area contributed by atoms with E-state index in [1.165, 1.54) is 11.3 Å². The topological polar surface area (TPSA) is 45.5 Å². The summed E-state index contributed by atoms with van der Waals surface area (Å²) in [5.41, 5.74) is 1.30. The first-order valence-electron chi connectivity index (χ1n) is 9.78. The van der Waals surface area contributed by atoms with Crippen LogP contribution < -0.4 is 5.32 Å². The maximum atomic E-state index is 4.55. The fourth-order valence-corrected chi connectivity index (χ4v) is 4.68. The fraction of sp³-hybridized carbons (Fsp3) is 0.524. The lowest BCUT2D eigenvalue weighted by Gasteiger charge is -2.36. The quantitative estimate of drug-likeness (QED) is 0.613. The summed E-state index contributed by atoms with van der Waals surface area (Å²) in [6.45, 7) is 8.47. The summed E-state index contributed by atoms with van der Waals surface area (Å²) < 4.78 is 2.23. The standard InChI is InChI=1S/C21H31N5S/c1-17(2)19-16-26(13-14-27-19)21(22-3)24-10-9-20-23-11-12-25(20)15-18-7-5-4-6-8-18/h4-8,11-12,17,19H,9-10,13-16H2,1-3H3,(H,22,24). The van der Waals surface area contributed by atoms with Gasteiger partial charge in [-0.2, -0.15) is 11.8 Å². The third kappa shape index (κ3) is 5.51. The van der Waals surface area contributed by atoms with Crippen molar-refractivity contribution in [3.05, 3.63) is 54.1 Å². The molecular formula is C21H31N5S. The summed E-state index contributed by atoms with van der Waals surface area (Å²) >= 11 is 2.09. The number of thioether (sulfide) groups is 1. The lowest BCUT2D eigenvalue weighted by atomic mass is 10.1. The molecule has 5 nitrogen and oxygen atoms in total. The Morgan fingerprint density at radius 3 is 2.89 bits per heavy atom. The third-order valence-corrected chi connectivity index (χ3v) is 6.52. The predicted octanol–water partition coefficient (Wildman–Crippen LogP) is 3.12. The van der Waals surface area contributed by atoms with Crippen molar-refractivity contribution < 1.29 is 0 Å². The molecule has 0 saturated carbocycles. The van der Waals surface area contributed by atoms with Crippen molar-refractivity contribution in [1.82, 2.24) is 19.8 Å². The number of hydrogen-bond acceptors (Lipinski definition) is 3. The molecule has 1 atom stereocenters. The number of guanidine groups is 1. The normalized spacial score (nSPS) is 18.1. The summed E-state index contributed by atoms with van der Waals surface area (Å²) in [5.74, 6) is 3.99. The van der Waals surface area contributed by atoms with Crippen LogP contribution in [0.4, 0.5) is 0 Å². The highest BCUT2D eigenvalue weighted by Crippen LogP contribution is 2.24. The zero-order chi connectivity index (χ0) is 19.1. The van der Waals surface area contributed by atoms with Crippen LogP contribution in [0.3, 0.4) is 0 Å². The Balaban J connectivity index is 1.52. The molecule has 1 unspecified atom stereocenters. The van der Waals surface area contributed by atoms with Gasteiger partial charge in [0.1, 0.15) is 5.82 Å². The van der Waals surface area contributed by atoms with Crippen LogP contribution in [0, 0.1) is 5.92 Å². The van der Waals surface area contributed by atoms with Gasteiger partial charge < -0.3 is 14.8 Å². The second-order valence-corrected chi connectivity index (χ2v) is 8.63. The van der Waals surface area contributed by atoms with Crippen molar-refractivity contribution in [2.45, 2.75) is 32.1 Å². The van der Waals surface area contributed by atoms with E-state index in [0.717, 1.165) is 44.4 Å². The first kappa shape index (κ1) is 19.8. The van der Waals surface area contributed by atoms with Gasteiger partial charge in [-0.25, -0.2) is 4.98 Å². The molecule has 0 bridgehead atoms. The number of benzene rings is 1. The lowest BCUT2D eigenvalue weighted by molar-refractivity contribution is 0.381. The van der Waals surface area contributed by atoms with Crippen molar-refractivity contribution >= 4 is 17.7 Å². The monoisotopic (exact) mass is 385 g/mol. The minimum Gasteiger partial charge on any atom is -0.356 e. The van der Waals surface area contributed by atoms with E-state index in [1.54, 1.807) is 0 Å². The summed E-state index contributed by atoms with van der Waals surface area (Å²) in [6, 6.07) is 10.5. The first-order valence-corrected chi connectivity index (χ1v) is 10.8. The van der Waals surface area contributed by atoms with Crippen LogP contribution in [0.25, 0.3) is 0 Å². The van der Waals surface area contributed by atoms with E-state index >= 15 is 0 Å². The molecule has 1 saturated heterocycles. The maximum absolute atomic E-state index is 4.55. The molecule has 2 heterocycles. The highest BCUT2D eigenvalue weighted by atomic mass is 32.2. The average molecular weight is 386 g/mol. The molecule has 2 aromatic rings. The molecule has 6 heteroatoms. The van der Waals surface area contributed by atoms with E-state index < -0.39 is 0 Å². The molecule has 0 aliphatic carbocycles. The molecule has 1 aromatic heterocycles. The highest BCUT2D eigenvalue weighted by Gasteiger charge is 2.24. The molecule has 3 rings (SSSR count). The number of nitrogens with one attached hydrogen (secondary N) is 1. The lowest BCUT2D eigenvalue weighted by Crippen LogP contribution is -2.49. The fourth-order valence-electron chi connectivity index (χ4n) is 3.38. The average Bonchev–Trinajstić information content (AvgIpc) is 3.13. The van der Waals surface area contributed by atoms with Gasteiger partial charge in [0.25, 0.3) is 0 Å². The van der Waals surface area contributed by atoms with Gasteiger partial charge in [-0.3, -0.25) is 4.99 Å². The molecule has 1 N–H and O–H groups in total. The Kier molecular flexibility index (Phi) is 7.21. The number of nitrogens with zero attached hydrogens (tertiary/aromatic N) is 4. The number of imidazole rings is 1. The van der Waals surface area contributed by atoms with Gasteiger partial charge in [0.05, 0.1) is 0 Å². The van der Waals surface area contributed by atoms with E-state index in [-0.39, 0.29) is 0 Å². The van der Waals surface area contributed by atoms with Crippen LogP contribution in [-0.2, 0) is 13.0 Å². The van der Waals surface area contributed by atoms with Crippen molar-refractivity contribution in [3.63, 3.8) is 0 Å². The van der Waals surface area contributed by atoms with Gasteiger partial charge in [0.2, 0.25) is 0 Å². The van der Waals surface area contributed by atoms with Gasteiger partial charge in [-0.15, -0.1) is 0 Å². The van der Waals surface area contributed by atoms with Gasteiger partial charge in [0.15, 0.2) is 5.96 Å². The number of hydrogen-bond donors (Lipinski definition) is 1. The molecule has 1 aliphatic rings. The predicted molar refractivity (Wildman–Crippen MR) is 115 cm³/mol. The first-order chi connectivity index (χ1) is 13.2. The van der Waals surface area contributed by atoms with Crippen LogP contribution >= 0.6 is 11.8 Å². The molecule has 0 spiro atoms. The largest absolute Gasteiger partial charge is 0.356 e. The van der Waals surface area contributed by atoms with E-state index in [9.17, 15) is 0 Å². The Bertz CT molecular complexity index is 725. The van der Waals surface area contributed by atoms with Gasteiger partial charge in [-0.1, -0.05) is 44.2 Å². The second-order valence-electron chi connectivity index (χ2n) is 7.28. The maximum Gasteiger partial charge on any atom is 0.193 e. The minimum absolute atomic E-state index is 0.682. The van der Waals surface area contributed by atoms with E-state index in [4.69, 9.17) is 0 Å². The Hall–Kier alpha value is -1.95. The third-order valence-electron chi connectivity index (χ3n) is 4.98. The summed E-state index contributed by atoms with van der Waals surface area (Å²) in [6.07, 6.45) is 4.84. The number of aromatic nitrogens is 2. The summed E-state index contributed by atoms with van der Waals surface area (Å²) in [4.78, 5) is 11.5. The molecule has 1 fully saturated rings. The van der Waals surface area contributed by atoms with Gasteiger partial charge in [-0.05, 0) is 11.5 Å². The molecule has 0 amide bonds. The number of aliphatic imine (C=N–C) groups is 1. The van der Waals surface area contributed by atoms with E-state index in [2.05, 4.69) is 86.9 Å². The second kappa shape index (κ2) is 9.83. The van der Waals surface area contributed by atoms with Crippen LogP contribution in [0.1, 0.15) is 25.2 Å². The molecule has 0 radical (unpaired) electrons. The van der Waals surface area contributed by atoms with Gasteiger partial charge >= 0.3 is 0 Å². The van der Waals surface area contributed by atoms with Crippen LogP contribution in [0.15, 0.2) is 47.7 Å². The smallest absolute Gasteiger partial charge is 0.193 e. The minimum atomic E-state index is 0.682. The molecular weight excluding hydrogens is 354 g/mol. The highest BCUT2D eigenvalue weighted by molar-refractivity contribution is 8.00. The molecule has 1 aromatic carbocycles. The van der Waals surface area contributed by atoms with Crippen molar-refractivity contribution in [2.24, 2.45) is 10.9 Å². The summed E-state index contributed by atoms with van der Waals surface area (Å²) in [7, 11) is 1.88. The van der Waals surface area contributed by atoms with Crippen LogP contribution in [0.5, 0.6) is 0 Å².